The molecule has 0 saturated carbocycles. The number of rotatable bonds is 6. The number of carbonyl (C=O) groups excluding carboxylic acids is 2. The van der Waals surface area contributed by atoms with Crippen molar-refractivity contribution in [1.29, 1.82) is 0 Å². The van der Waals surface area contributed by atoms with Gasteiger partial charge in [0.2, 0.25) is 5.91 Å². The van der Waals surface area contributed by atoms with Crippen molar-refractivity contribution in [1.82, 2.24) is 4.90 Å². The first-order valence-corrected chi connectivity index (χ1v) is 9.61. The quantitative estimate of drug-likeness (QED) is 0.214. The Kier molecular flexibility index (Phi) is 8.90. The van der Waals surface area contributed by atoms with Crippen molar-refractivity contribution in [3.63, 3.8) is 0 Å². The molecular weight excluding hydrogens is 410 g/mol. The maximum Gasteiger partial charge on any atom is 0.417 e. The monoisotopic (exact) mass is 439 g/mol. The zero-order valence-electron chi connectivity index (χ0n) is 16.4. The third-order valence-electron chi connectivity index (χ3n) is 5.02. The highest BCUT2D eigenvalue weighted by Crippen LogP contribution is 2.26. The minimum absolute atomic E-state index is 0.162. The average molecular weight is 439 g/mol. The number of imide groups is 1. The molecule has 2 aliphatic heterocycles. The van der Waals surface area contributed by atoms with Crippen LogP contribution in [0, 0.1) is 0 Å². The van der Waals surface area contributed by atoms with Gasteiger partial charge in [-0.15, -0.1) is 0 Å². The lowest BCUT2D eigenvalue weighted by atomic mass is 9.95. The SMILES string of the molecule is CCCC(=O)N(C(=O)OC[C@H]1OC(O)C[C@@H](O)[C@@H]1O)[C@H]1C(O)O[C@H](CO)[C@@H](O)[C@@H]1O. The van der Waals surface area contributed by atoms with Crippen LogP contribution in [0.15, 0.2) is 0 Å². The molecule has 0 bridgehead atoms. The van der Waals surface area contributed by atoms with Gasteiger partial charge in [-0.05, 0) is 6.42 Å². The van der Waals surface area contributed by atoms with Crippen LogP contribution in [0.3, 0.4) is 0 Å². The van der Waals surface area contributed by atoms with Crippen molar-refractivity contribution in [3.8, 4) is 0 Å². The smallest absolute Gasteiger partial charge is 0.417 e. The maximum atomic E-state index is 12.6. The molecule has 13 heteroatoms. The molecule has 2 rings (SSSR count). The number of carbonyl (C=O) groups is 2. The van der Waals surface area contributed by atoms with E-state index in [4.69, 9.17) is 19.3 Å². The van der Waals surface area contributed by atoms with Crippen LogP contribution in [0.1, 0.15) is 26.2 Å². The van der Waals surface area contributed by atoms with Gasteiger partial charge in [-0.1, -0.05) is 6.92 Å². The molecule has 2 amide bonds. The van der Waals surface area contributed by atoms with E-state index in [0.717, 1.165) is 0 Å². The van der Waals surface area contributed by atoms with Crippen LogP contribution in [0.2, 0.25) is 0 Å². The highest BCUT2D eigenvalue weighted by Gasteiger charge is 2.50. The fourth-order valence-electron chi connectivity index (χ4n) is 3.38. The van der Waals surface area contributed by atoms with Gasteiger partial charge in [0.25, 0.3) is 0 Å². The molecule has 0 radical (unpaired) electrons. The van der Waals surface area contributed by atoms with E-state index >= 15 is 0 Å². The fourth-order valence-corrected chi connectivity index (χ4v) is 3.38. The molecule has 30 heavy (non-hydrogen) atoms. The molecule has 7 N–H and O–H groups in total. The number of ether oxygens (including phenoxy) is 3. The van der Waals surface area contributed by atoms with Crippen LogP contribution in [-0.4, -0.2) is 121 Å². The standard InChI is InChI=1S/C17H29NO12/c1-2-3-10(21)18(12-15(25)14(24)8(5-19)30-16(12)26)17(27)28-6-9-13(23)7(20)4-11(22)29-9/h7-9,11-16,19-20,22-26H,2-6H2,1H3/t7-,8-,9-,11?,12-,13+,14-,15-,16?/m1/s1. The molecule has 2 saturated heterocycles. The Labute approximate surface area is 172 Å². The van der Waals surface area contributed by atoms with Crippen molar-refractivity contribution in [2.75, 3.05) is 13.2 Å². The number of aliphatic hydroxyl groups is 7. The molecule has 9 atom stereocenters. The molecule has 2 unspecified atom stereocenters. The number of nitrogens with zero attached hydrogens (tertiary/aromatic N) is 1. The largest absolute Gasteiger partial charge is 0.446 e. The zero-order chi connectivity index (χ0) is 22.6. The van der Waals surface area contributed by atoms with E-state index in [-0.39, 0.29) is 12.8 Å². The Balaban J connectivity index is 2.16. The molecule has 13 nitrogen and oxygen atoms in total. The van der Waals surface area contributed by atoms with Crippen LogP contribution in [0.25, 0.3) is 0 Å². The van der Waals surface area contributed by atoms with Gasteiger partial charge in [0.05, 0.1) is 12.7 Å². The Hall–Kier alpha value is -1.42. The number of hydrogen-bond acceptors (Lipinski definition) is 12. The van der Waals surface area contributed by atoms with Gasteiger partial charge < -0.3 is 50.0 Å². The number of hydrogen-bond donors (Lipinski definition) is 7. The van der Waals surface area contributed by atoms with Gasteiger partial charge in [-0.2, -0.15) is 0 Å². The van der Waals surface area contributed by atoms with E-state index < -0.39 is 80.5 Å². The van der Waals surface area contributed by atoms with Crippen LogP contribution in [0.5, 0.6) is 0 Å². The molecule has 2 aliphatic rings. The number of aliphatic hydroxyl groups excluding tert-OH is 7. The second-order valence-corrected chi connectivity index (χ2v) is 7.23. The predicted octanol–water partition coefficient (Wildman–Crippen LogP) is -3.62. The van der Waals surface area contributed by atoms with E-state index in [1.165, 1.54) is 0 Å². The van der Waals surface area contributed by atoms with E-state index in [0.29, 0.717) is 11.3 Å². The van der Waals surface area contributed by atoms with Gasteiger partial charge in [-0.25, -0.2) is 9.69 Å². The minimum Gasteiger partial charge on any atom is -0.446 e. The van der Waals surface area contributed by atoms with E-state index in [1.54, 1.807) is 6.92 Å². The molecule has 174 valence electrons. The lowest BCUT2D eigenvalue weighted by Gasteiger charge is -2.43. The Morgan fingerprint density at radius 3 is 2.27 bits per heavy atom. The Bertz CT molecular complexity index is 591. The van der Waals surface area contributed by atoms with Gasteiger partial charge in [0.1, 0.15) is 43.2 Å². The summed E-state index contributed by atoms with van der Waals surface area (Å²) in [7, 11) is 0. The summed E-state index contributed by atoms with van der Waals surface area (Å²) < 4.78 is 15.0. The summed E-state index contributed by atoms with van der Waals surface area (Å²) in [6.07, 6.45) is -13.7. The van der Waals surface area contributed by atoms with E-state index in [1.807, 2.05) is 0 Å². The second-order valence-electron chi connectivity index (χ2n) is 7.23. The molecule has 2 fully saturated rings. The summed E-state index contributed by atoms with van der Waals surface area (Å²) >= 11 is 0. The maximum absolute atomic E-state index is 12.6. The van der Waals surface area contributed by atoms with Crippen LogP contribution >= 0.6 is 0 Å². The summed E-state index contributed by atoms with van der Waals surface area (Å²) in [5.74, 6) is -0.839. The Morgan fingerprint density at radius 1 is 1.00 bits per heavy atom. The first-order valence-electron chi connectivity index (χ1n) is 9.61. The minimum atomic E-state index is -1.92. The average Bonchev–Trinajstić information content (AvgIpc) is 2.69. The summed E-state index contributed by atoms with van der Waals surface area (Å²) in [4.78, 5) is 25.5. The van der Waals surface area contributed by atoms with E-state index in [9.17, 15) is 40.2 Å². The van der Waals surface area contributed by atoms with Crippen molar-refractivity contribution in [3.05, 3.63) is 0 Å². The summed E-state index contributed by atoms with van der Waals surface area (Å²) in [6, 6.07) is -1.73. The second kappa shape index (κ2) is 10.7. The van der Waals surface area contributed by atoms with Crippen molar-refractivity contribution >= 4 is 12.0 Å². The van der Waals surface area contributed by atoms with Crippen LogP contribution in [0.4, 0.5) is 4.79 Å². The molecule has 0 aliphatic carbocycles. The molecule has 0 aromatic heterocycles. The van der Waals surface area contributed by atoms with Crippen LogP contribution < -0.4 is 0 Å². The van der Waals surface area contributed by atoms with Crippen molar-refractivity contribution in [2.45, 2.75) is 81.4 Å². The fraction of sp³-hybridized carbons (Fsp3) is 0.882. The molecule has 0 aromatic rings. The summed E-state index contributed by atoms with van der Waals surface area (Å²) in [6.45, 7) is 0.264. The van der Waals surface area contributed by atoms with Gasteiger partial charge in [0, 0.05) is 12.8 Å². The lowest BCUT2D eigenvalue weighted by Crippen LogP contribution is -2.66. The van der Waals surface area contributed by atoms with Gasteiger partial charge >= 0.3 is 6.09 Å². The van der Waals surface area contributed by atoms with Crippen molar-refractivity contribution in [2.24, 2.45) is 0 Å². The predicted molar refractivity (Wildman–Crippen MR) is 94.4 cm³/mol. The highest BCUT2D eigenvalue weighted by atomic mass is 16.6. The zero-order valence-corrected chi connectivity index (χ0v) is 16.4. The Morgan fingerprint density at radius 2 is 1.67 bits per heavy atom. The normalized spacial score (nSPS) is 39.4. The van der Waals surface area contributed by atoms with E-state index in [2.05, 4.69) is 0 Å². The van der Waals surface area contributed by atoms with Crippen LogP contribution in [-0.2, 0) is 19.0 Å². The summed E-state index contributed by atoms with van der Waals surface area (Å²) in [5.41, 5.74) is 0. The number of amides is 2. The van der Waals surface area contributed by atoms with Gasteiger partial charge in [0.15, 0.2) is 12.6 Å². The molecule has 2 heterocycles. The molecule has 0 aromatic carbocycles. The lowest BCUT2D eigenvalue weighted by molar-refractivity contribution is -0.268. The molecule has 0 spiro atoms. The topological polar surface area (TPSA) is 207 Å². The third-order valence-corrected chi connectivity index (χ3v) is 5.02. The molecular formula is C17H29NO12. The van der Waals surface area contributed by atoms with Gasteiger partial charge in [-0.3, -0.25) is 4.79 Å². The first-order chi connectivity index (χ1) is 14.1. The summed E-state index contributed by atoms with van der Waals surface area (Å²) in [5, 5.41) is 68.8. The van der Waals surface area contributed by atoms with Crippen molar-refractivity contribution < 1.29 is 59.5 Å². The highest BCUT2D eigenvalue weighted by molar-refractivity contribution is 5.92. The first kappa shape index (κ1) is 24.8. The third kappa shape index (κ3) is 5.43.